The maximum Gasteiger partial charge on any atom is 0.338 e. The highest BCUT2D eigenvalue weighted by molar-refractivity contribution is 5.90. The molecule has 8 nitrogen and oxygen atoms in total. The topological polar surface area (TPSA) is 89.5 Å². The summed E-state index contributed by atoms with van der Waals surface area (Å²) in [5.74, 6) is -2.02. The molecule has 0 bridgehead atoms. The molecule has 0 aromatic heterocycles. The minimum atomic E-state index is -1.12. The minimum absolute atomic E-state index is 0.256. The van der Waals surface area contributed by atoms with Crippen molar-refractivity contribution in [2.75, 3.05) is 6.61 Å². The smallest absolute Gasteiger partial charge is 0.338 e. The van der Waals surface area contributed by atoms with Gasteiger partial charge >= 0.3 is 11.9 Å². The van der Waals surface area contributed by atoms with Gasteiger partial charge in [-0.25, -0.2) is 9.59 Å². The second kappa shape index (κ2) is 11.7. The Morgan fingerprint density at radius 1 is 0.805 bits per heavy atom. The van der Waals surface area contributed by atoms with E-state index in [-0.39, 0.29) is 13.2 Å². The third-order valence-electron chi connectivity index (χ3n) is 7.41. The first-order valence-corrected chi connectivity index (χ1v) is 13.7. The zero-order valence-electron chi connectivity index (χ0n) is 24.0. The van der Waals surface area contributed by atoms with Gasteiger partial charge in [0.15, 0.2) is 18.2 Å². The second-order valence-corrected chi connectivity index (χ2v) is 11.2. The lowest BCUT2D eigenvalue weighted by Crippen LogP contribution is -2.55. The summed E-state index contributed by atoms with van der Waals surface area (Å²) in [5.41, 5.74) is 2.61. The van der Waals surface area contributed by atoms with Crippen LogP contribution in [-0.4, -0.2) is 54.5 Å². The van der Waals surface area contributed by atoms with Crippen LogP contribution >= 0.6 is 0 Å². The van der Waals surface area contributed by atoms with Crippen LogP contribution in [0.3, 0.4) is 0 Å². The number of rotatable bonds is 9. The van der Waals surface area contributed by atoms with E-state index < -0.39 is 47.9 Å². The van der Waals surface area contributed by atoms with E-state index in [0.29, 0.717) is 11.1 Å². The van der Waals surface area contributed by atoms with Crippen LogP contribution in [0.15, 0.2) is 78.9 Å². The molecule has 2 heterocycles. The van der Waals surface area contributed by atoms with Gasteiger partial charge in [0, 0.05) is 0 Å². The van der Waals surface area contributed by atoms with Crippen LogP contribution in [-0.2, 0) is 35.0 Å². The molecule has 216 valence electrons. The van der Waals surface area contributed by atoms with Crippen LogP contribution in [0.25, 0.3) is 0 Å². The average Bonchev–Trinajstić information content (AvgIpc) is 3.41. The third kappa shape index (κ3) is 6.52. The molecule has 41 heavy (non-hydrogen) atoms. The number of ether oxygens (including phenoxy) is 6. The van der Waals surface area contributed by atoms with Gasteiger partial charge in [0.05, 0.1) is 17.7 Å². The summed E-state index contributed by atoms with van der Waals surface area (Å²) in [5, 5.41) is 0. The Kier molecular flexibility index (Phi) is 8.29. The molecule has 0 N–H and O–H groups in total. The summed E-state index contributed by atoms with van der Waals surface area (Å²) in [7, 11) is 0. The van der Waals surface area contributed by atoms with Crippen LogP contribution < -0.4 is 0 Å². The van der Waals surface area contributed by atoms with Gasteiger partial charge in [-0.1, -0.05) is 65.7 Å². The highest BCUT2D eigenvalue weighted by atomic mass is 16.8. The minimum Gasteiger partial charge on any atom is -0.458 e. The van der Waals surface area contributed by atoms with Crippen molar-refractivity contribution in [1.82, 2.24) is 0 Å². The van der Waals surface area contributed by atoms with Crippen molar-refractivity contribution in [3.8, 4) is 0 Å². The summed E-state index contributed by atoms with van der Waals surface area (Å²) in [4.78, 5) is 26.2. The number of carbonyl (C=O) groups is 2. The average molecular weight is 561 g/mol. The molecule has 3 aromatic carbocycles. The van der Waals surface area contributed by atoms with Crippen LogP contribution in [0.5, 0.6) is 0 Å². The maximum atomic E-state index is 13.3. The Hall–Kier alpha value is -3.56. The first-order chi connectivity index (χ1) is 19.5. The van der Waals surface area contributed by atoms with Crippen molar-refractivity contribution in [3.63, 3.8) is 0 Å². The van der Waals surface area contributed by atoms with E-state index in [9.17, 15) is 9.59 Å². The number of hydrogen-bond acceptors (Lipinski definition) is 8. The molecule has 0 radical (unpaired) electrons. The van der Waals surface area contributed by atoms with Gasteiger partial charge in [-0.15, -0.1) is 0 Å². The standard InChI is InChI=1S/C33H36O8/c1-21-11-15-24(16-12-21)29(34)36-20-26(38-30(35)25-17-13-22(2)14-18-25)27-33(5,37-19-23-9-7-6-8-10-23)28-31(39-27)41-32(3,4)40-28/h6-18,26-28,31H,19-20H2,1-5H3/t26-,27-,28+,31-,33-/m1/s1. The first kappa shape index (κ1) is 29.0. The molecule has 5 atom stereocenters. The van der Waals surface area contributed by atoms with E-state index >= 15 is 0 Å². The quantitative estimate of drug-likeness (QED) is 0.315. The molecular formula is C33H36O8. The van der Waals surface area contributed by atoms with E-state index in [1.54, 1.807) is 38.1 Å². The Bertz CT molecular complexity index is 1350. The summed E-state index contributed by atoms with van der Waals surface area (Å²) < 4.78 is 36.8. The van der Waals surface area contributed by atoms with Crippen LogP contribution in [0.2, 0.25) is 0 Å². The van der Waals surface area contributed by atoms with E-state index in [1.165, 1.54) is 0 Å². The number of aryl methyl sites for hydroxylation is 2. The highest BCUT2D eigenvalue weighted by Crippen LogP contribution is 2.46. The molecule has 3 aromatic rings. The number of carbonyl (C=O) groups excluding carboxylic acids is 2. The van der Waals surface area contributed by atoms with Crippen molar-refractivity contribution < 1.29 is 38.0 Å². The number of fused-ring (bicyclic) bond motifs is 1. The van der Waals surface area contributed by atoms with Crippen LogP contribution in [0.4, 0.5) is 0 Å². The van der Waals surface area contributed by atoms with Crippen molar-refractivity contribution in [3.05, 3.63) is 107 Å². The molecule has 0 unspecified atom stereocenters. The molecule has 8 heteroatoms. The molecule has 2 fully saturated rings. The molecular weight excluding hydrogens is 524 g/mol. The molecule has 2 aliphatic heterocycles. The van der Waals surface area contributed by atoms with Gasteiger partial charge in [0.2, 0.25) is 0 Å². The normalized spacial score (nSPS) is 25.3. The van der Waals surface area contributed by atoms with Crippen molar-refractivity contribution in [1.29, 1.82) is 0 Å². The van der Waals surface area contributed by atoms with Crippen molar-refractivity contribution >= 4 is 11.9 Å². The van der Waals surface area contributed by atoms with E-state index in [0.717, 1.165) is 16.7 Å². The highest BCUT2D eigenvalue weighted by Gasteiger charge is 2.65. The lowest BCUT2D eigenvalue weighted by Gasteiger charge is -2.38. The first-order valence-electron chi connectivity index (χ1n) is 13.7. The lowest BCUT2D eigenvalue weighted by atomic mass is 9.90. The Labute approximate surface area is 240 Å². The Balaban J connectivity index is 1.42. The van der Waals surface area contributed by atoms with Gasteiger partial charge in [-0.3, -0.25) is 0 Å². The SMILES string of the molecule is Cc1ccc(C(=O)OC[C@@H](OC(=O)c2ccc(C)cc2)[C@H]2O[C@@H]3OC(C)(C)O[C@@H]3[C@]2(C)OCc2ccccc2)cc1. The predicted octanol–water partition coefficient (Wildman–Crippen LogP) is 5.54. The fraction of sp³-hybridized carbons (Fsp3) is 0.394. The van der Waals surface area contributed by atoms with Gasteiger partial charge in [0.25, 0.3) is 0 Å². The van der Waals surface area contributed by atoms with E-state index in [4.69, 9.17) is 28.4 Å². The molecule has 0 spiro atoms. The zero-order chi connectivity index (χ0) is 29.2. The van der Waals surface area contributed by atoms with Crippen molar-refractivity contribution in [2.45, 2.75) is 77.2 Å². The van der Waals surface area contributed by atoms with Gasteiger partial charge in [-0.2, -0.15) is 0 Å². The third-order valence-corrected chi connectivity index (χ3v) is 7.41. The van der Waals surface area contributed by atoms with Crippen LogP contribution in [0, 0.1) is 13.8 Å². The summed E-state index contributed by atoms with van der Waals surface area (Å²) in [6, 6.07) is 23.8. The monoisotopic (exact) mass is 560 g/mol. The Morgan fingerprint density at radius 3 is 2.00 bits per heavy atom. The fourth-order valence-electron chi connectivity index (χ4n) is 5.10. The van der Waals surface area contributed by atoms with E-state index in [1.807, 2.05) is 75.4 Å². The molecule has 0 aliphatic carbocycles. The number of hydrogen-bond donors (Lipinski definition) is 0. The lowest BCUT2D eigenvalue weighted by molar-refractivity contribution is -0.250. The largest absolute Gasteiger partial charge is 0.458 e. The summed E-state index contributed by atoms with van der Waals surface area (Å²) in [6.45, 7) is 9.33. The molecule has 0 amide bonds. The predicted molar refractivity (Wildman–Crippen MR) is 150 cm³/mol. The molecule has 0 saturated carbocycles. The van der Waals surface area contributed by atoms with E-state index in [2.05, 4.69) is 0 Å². The zero-order valence-corrected chi connectivity index (χ0v) is 24.0. The Morgan fingerprint density at radius 2 is 1.39 bits per heavy atom. The molecule has 2 aliphatic rings. The van der Waals surface area contributed by atoms with Gasteiger partial charge in [0.1, 0.15) is 24.4 Å². The second-order valence-electron chi connectivity index (χ2n) is 11.2. The van der Waals surface area contributed by atoms with Gasteiger partial charge < -0.3 is 28.4 Å². The number of benzene rings is 3. The summed E-state index contributed by atoms with van der Waals surface area (Å²) in [6.07, 6.45) is -3.30. The van der Waals surface area contributed by atoms with Crippen LogP contribution in [0.1, 0.15) is 58.2 Å². The number of esters is 2. The summed E-state index contributed by atoms with van der Waals surface area (Å²) >= 11 is 0. The maximum absolute atomic E-state index is 13.3. The van der Waals surface area contributed by atoms with Gasteiger partial charge in [-0.05, 0) is 64.4 Å². The van der Waals surface area contributed by atoms with Crippen molar-refractivity contribution in [2.24, 2.45) is 0 Å². The molecule has 5 rings (SSSR count). The molecule has 2 saturated heterocycles. The fourth-order valence-corrected chi connectivity index (χ4v) is 5.10.